The smallest absolute Gasteiger partial charge is 0.266 e. The Morgan fingerprint density at radius 2 is 1.13 bits per heavy atom. The normalized spacial score (nSPS) is 15.6. The van der Waals surface area contributed by atoms with Gasteiger partial charge in [0.2, 0.25) is 5.95 Å². The van der Waals surface area contributed by atoms with Crippen molar-refractivity contribution < 1.29 is 0 Å². The quantitative estimate of drug-likeness (QED) is 0.166. The molecule has 0 spiro atoms. The number of fused-ring (bicyclic) bond motifs is 8. The minimum Gasteiger partial charge on any atom is -0.268 e. The summed E-state index contributed by atoms with van der Waals surface area (Å²) in [5.41, 5.74) is 15.3. The lowest BCUT2D eigenvalue weighted by Crippen LogP contribution is -2.24. The monoisotopic (exact) mass is 867 g/mol. The molecule has 10 aromatic rings. The van der Waals surface area contributed by atoms with Gasteiger partial charge in [-0.15, -0.1) is 0 Å². The van der Waals surface area contributed by atoms with Crippen molar-refractivity contribution in [2.75, 3.05) is 0 Å². The van der Waals surface area contributed by atoms with Crippen LogP contribution in [-0.4, -0.2) is 14.5 Å². The highest BCUT2D eigenvalue weighted by Gasteiger charge is 2.39. The molecule has 2 aromatic heterocycles. The second kappa shape index (κ2) is 18.5. The van der Waals surface area contributed by atoms with Crippen LogP contribution in [0.2, 0.25) is 0 Å². The number of hydrogen-bond donors (Lipinski definition) is 0. The fourth-order valence-corrected chi connectivity index (χ4v) is 10.2. The van der Waals surface area contributed by atoms with E-state index in [9.17, 15) is 0 Å². The van der Waals surface area contributed by atoms with Gasteiger partial charge in [-0.2, -0.15) is 0 Å². The Balaban J connectivity index is 0.000000216. The van der Waals surface area contributed by atoms with Gasteiger partial charge in [0.25, 0.3) is 5.56 Å². The maximum Gasteiger partial charge on any atom is 0.266 e. The third kappa shape index (κ3) is 8.21. The van der Waals surface area contributed by atoms with Crippen molar-refractivity contribution in [2.45, 2.75) is 46.5 Å². The Bertz CT molecular complexity index is 3550. The molecular weight excluding hydrogens is 815 g/mol. The van der Waals surface area contributed by atoms with Crippen molar-refractivity contribution in [1.82, 2.24) is 14.5 Å². The summed E-state index contributed by atoms with van der Waals surface area (Å²) in [5.74, 6) is 1.21. The molecule has 0 amide bonds. The lowest BCUT2D eigenvalue weighted by atomic mass is 9.84. The maximum atomic E-state index is 15.5. The summed E-state index contributed by atoms with van der Waals surface area (Å²) in [4.78, 5) is 25.9. The predicted octanol–water partition coefficient (Wildman–Crippen LogP) is 15.6. The van der Waals surface area contributed by atoms with E-state index in [4.69, 9.17) is 9.97 Å². The third-order valence-electron chi connectivity index (χ3n) is 13.5. The van der Waals surface area contributed by atoms with Crippen LogP contribution in [0.15, 0.2) is 217 Å². The topological polar surface area (TPSA) is 47.8 Å². The van der Waals surface area contributed by atoms with Crippen molar-refractivity contribution in [3.8, 4) is 39.5 Å². The molecule has 3 unspecified atom stereocenters. The lowest BCUT2D eigenvalue weighted by Gasteiger charge is -2.22. The van der Waals surface area contributed by atoms with E-state index in [-0.39, 0.29) is 11.5 Å². The number of aryl methyl sites for hydroxylation is 4. The summed E-state index contributed by atoms with van der Waals surface area (Å²) < 4.78 is 1.85. The van der Waals surface area contributed by atoms with E-state index in [1.165, 1.54) is 33.4 Å². The van der Waals surface area contributed by atoms with E-state index in [1.807, 2.05) is 71.3 Å². The van der Waals surface area contributed by atoms with Crippen LogP contribution < -0.4 is 5.56 Å². The summed E-state index contributed by atoms with van der Waals surface area (Å²) in [6, 6.07) is 64.7. The minimum atomic E-state index is -0.0939. The van der Waals surface area contributed by atoms with Gasteiger partial charge in [-0.05, 0) is 95.5 Å². The predicted molar refractivity (Wildman–Crippen MR) is 281 cm³/mol. The number of pyridine rings is 1. The fourth-order valence-electron chi connectivity index (χ4n) is 10.2. The second-order valence-electron chi connectivity index (χ2n) is 17.9. The van der Waals surface area contributed by atoms with Gasteiger partial charge >= 0.3 is 0 Å². The fraction of sp³-hybridized carbons (Fsp3) is 0.127. The third-order valence-corrected chi connectivity index (χ3v) is 13.5. The molecule has 3 atom stereocenters. The zero-order valence-electron chi connectivity index (χ0n) is 38.7. The van der Waals surface area contributed by atoms with Gasteiger partial charge < -0.3 is 0 Å². The molecule has 8 aromatic carbocycles. The standard InChI is InChI=1S/C43H33N3O.C13H12.C7H8/c1-25-13-7-8-16-29(25)37-26(2)21-22-33-34-24-23-31-27(3)30-17-9-10-18-32(30)38(31)41(34)46(42(47)39(33)37)43-44-36-20-12-11-19-35(36)40(45-43)28-14-5-4-6-15-28;1-11-6-5-9-13(10-11)12-7-3-2-4-8-12;1-7-5-3-2-4-6-7/h4-24,27,30,32H,1-3H3;2-10H,1H3;2-6H,1H3. The lowest BCUT2D eigenvalue weighted by molar-refractivity contribution is 0.544. The molecule has 0 saturated carbocycles. The Kier molecular flexibility index (Phi) is 11.9. The molecule has 0 fully saturated rings. The second-order valence-corrected chi connectivity index (χ2v) is 17.9. The Hall–Kier alpha value is -7.95. The molecule has 2 aliphatic rings. The number of rotatable bonds is 4. The number of aromatic nitrogens is 3. The highest BCUT2D eigenvalue weighted by Crippen LogP contribution is 2.52. The Morgan fingerprint density at radius 1 is 0.507 bits per heavy atom. The van der Waals surface area contributed by atoms with Gasteiger partial charge in [-0.3, -0.25) is 4.79 Å². The largest absolute Gasteiger partial charge is 0.268 e. The zero-order chi connectivity index (χ0) is 46.0. The molecule has 0 saturated heterocycles. The number of benzene rings is 8. The van der Waals surface area contributed by atoms with Crippen LogP contribution in [0.25, 0.3) is 72.0 Å². The first-order chi connectivity index (χ1) is 32.8. The molecule has 67 heavy (non-hydrogen) atoms. The van der Waals surface area contributed by atoms with E-state index in [2.05, 4.69) is 180 Å². The van der Waals surface area contributed by atoms with E-state index in [0.717, 1.165) is 60.7 Å². The van der Waals surface area contributed by atoms with Crippen LogP contribution in [0.5, 0.6) is 0 Å². The minimum absolute atomic E-state index is 0.0939. The van der Waals surface area contributed by atoms with E-state index >= 15 is 4.79 Å². The molecule has 4 heteroatoms. The first kappa shape index (κ1) is 43.0. The molecule has 2 heterocycles. The van der Waals surface area contributed by atoms with E-state index < -0.39 is 0 Å². The number of allylic oxidation sites excluding steroid dienone is 4. The van der Waals surface area contributed by atoms with Crippen LogP contribution >= 0.6 is 0 Å². The van der Waals surface area contributed by atoms with Crippen LogP contribution in [0.1, 0.15) is 52.1 Å². The first-order valence-electron chi connectivity index (χ1n) is 23.3. The number of hydrogen-bond acceptors (Lipinski definition) is 3. The zero-order valence-corrected chi connectivity index (χ0v) is 38.7. The van der Waals surface area contributed by atoms with Gasteiger partial charge in [0.15, 0.2) is 0 Å². The summed E-state index contributed by atoms with van der Waals surface area (Å²) in [6.45, 7) is 10.7. The van der Waals surface area contributed by atoms with Crippen molar-refractivity contribution in [3.63, 3.8) is 0 Å². The number of para-hydroxylation sites is 1. The molecule has 0 aliphatic heterocycles. The SMILES string of the molecule is Cc1cccc(-c2ccccc2)c1.Cc1ccccc1.Cc1ccccc1-c1c(C)ccc2c1c(=O)n(-c1nc(-c3ccccc3)c3ccccc3n1)c1c3c(ccc21)C(C)C1C=CC=CC31. The average Bonchev–Trinajstić information content (AvgIpc) is 3.66. The molecule has 0 bridgehead atoms. The van der Waals surface area contributed by atoms with Gasteiger partial charge in [0.05, 0.1) is 22.1 Å². The van der Waals surface area contributed by atoms with Crippen molar-refractivity contribution in [2.24, 2.45) is 5.92 Å². The van der Waals surface area contributed by atoms with Crippen molar-refractivity contribution in [3.05, 3.63) is 256 Å². The van der Waals surface area contributed by atoms with Crippen LogP contribution in [0.4, 0.5) is 0 Å². The Morgan fingerprint density at radius 3 is 1.85 bits per heavy atom. The average molecular weight is 868 g/mol. The Labute approximate surface area is 393 Å². The molecule has 326 valence electrons. The highest BCUT2D eigenvalue weighted by atomic mass is 16.1. The van der Waals surface area contributed by atoms with Gasteiger partial charge in [-0.25, -0.2) is 14.5 Å². The first-order valence-corrected chi connectivity index (χ1v) is 23.3. The van der Waals surface area contributed by atoms with Gasteiger partial charge in [-0.1, -0.05) is 224 Å². The summed E-state index contributed by atoms with van der Waals surface area (Å²) in [5, 5.41) is 3.66. The maximum absolute atomic E-state index is 15.5. The van der Waals surface area contributed by atoms with Crippen molar-refractivity contribution >= 4 is 32.6 Å². The van der Waals surface area contributed by atoms with E-state index in [1.54, 1.807) is 0 Å². The van der Waals surface area contributed by atoms with E-state index in [0.29, 0.717) is 23.2 Å². The molecule has 0 N–H and O–H groups in total. The summed E-state index contributed by atoms with van der Waals surface area (Å²) in [6.07, 6.45) is 8.93. The summed E-state index contributed by atoms with van der Waals surface area (Å²) in [7, 11) is 0. The molecule has 4 nitrogen and oxygen atoms in total. The highest BCUT2D eigenvalue weighted by molar-refractivity contribution is 6.13. The summed E-state index contributed by atoms with van der Waals surface area (Å²) >= 11 is 0. The van der Waals surface area contributed by atoms with Crippen molar-refractivity contribution in [1.29, 1.82) is 0 Å². The van der Waals surface area contributed by atoms with Gasteiger partial charge in [0, 0.05) is 22.3 Å². The number of nitrogens with zero attached hydrogens (tertiary/aromatic N) is 3. The molecule has 12 rings (SSSR count). The molecule has 0 radical (unpaired) electrons. The van der Waals surface area contributed by atoms with Gasteiger partial charge in [0.1, 0.15) is 0 Å². The van der Waals surface area contributed by atoms with Crippen LogP contribution in [-0.2, 0) is 0 Å². The molecular formula is C63H53N3O. The molecule has 2 aliphatic carbocycles. The van der Waals surface area contributed by atoms with Crippen LogP contribution in [0.3, 0.4) is 0 Å². The van der Waals surface area contributed by atoms with Crippen LogP contribution in [0, 0.1) is 33.6 Å².